The van der Waals surface area contributed by atoms with E-state index in [0.29, 0.717) is 18.0 Å². The molecule has 2 aliphatic rings. The lowest BCUT2D eigenvalue weighted by molar-refractivity contribution is 0.210. The number of hydrogen-bond donors (Lipinski definition) is 1. The van der Waals surface area contributed by atoms with Crippen molar-refractivity contribution in [2.24, 2.45) is 10.9 Å². The molecule has 0 aliphatic carbocycles. The monoisotopic (exact) mass is 269 g/mol. The van der Waals surface area contributed by atoms with Gasteiger partial charge in [-0.1, -0.05) is 32.5 Å². The van der Waals surface area contributed by atoms with E-state index in [0.717, 1.165) is 0 Å². The summed E-state index contributed by atoms with van der Waals surface area (Å²) in [4.78, 5) is 7.41. The number of nitrogens with zero attached hydrogens (tertiary/aromatic N) is 2. The fraction of sp³-hybridized carbons (Fsp3) is 0.929. The number of rotatable bonds is 3. The lowest BCUT2D eigenvalue weighted by Gasteiger charge is -2.34. The molecule has 1 saturated heterocycles. The summed E-state index contributed by atoms with van der Waals surface area (Å²) in [5.41, 5.74) is 0. The predicted molar refractivity (Wildman–Crippen MR) is 81.4 cm³/mol. The standard InChI is InChI=1S/C14H27N3S/c1-4-17-8-5-6-12(10-17)15-14-16-13(11(2)3)7-9-18-14/h11-13H,4-10H2,1-3H3,(H,15,16). The van der Waals surface area contributed by atoms with Gasteiger partial charge in [0.05, 0.1) is 6.04 Å². The number of amidine groups is 1. The van der Waals surface area contributed by atoms with Crippen molar-refractivity contribution in [1.82, 2.24) is 10.2 Å². The van der Waals surface area contributed by atoms with Crippen LogP contribution in [-0.4, -0.2) is 47.5 Å². The topological polar surface area (TPSA) is 27.6 Å². The van der Waals surface area contributed by atoms with Gasteiger partial charge < -0.3 is 10.2 Å². The van der Waals surface area contributed by atoms with Crippen molar-refractivity contribution < 1.29 is 0 Å². The van der Waals surface area contributed by atoms with Crippen molar-refractivity contribution in [2.45, 2.75) is 52.1 Å². The van der Waals surface area contributed by atoms with Gasteiger partial charge in [-0.3, -0.25) is 4.99 Å². The minimum absolute atomic E-state index is 0.527. The van der Waals surface area contributed by atoms with E-state index in [-0.39, 0.29) is 0 Å². The summed E-state index contributed by atoms with van der Waals surface area (Å²) in [5, 5.41) is 4.88. The van der Waals surface area contributed by atoms with Gasteiger partial charge in [0.15, 0.2) is 5.17 Å². The predicted octanol–water partition coefficient (Wildman–Crippen LogP) is 2.58. The third-order valence-corrected chi connectivity index (χ3v) is 4.92. The smallest absolute Gasteiger partial charge is 0.157 e. The van der Waals surface area contributed by atoms with Gasteiger partial charge in [-0.15, -0.1) is 0 Å². The minimum Gasteiger partial charge on any atom is -0.361 e. The van der Waals surface area contributed by atoms with Crippen molar-refractivity contribution in [3.05, 3.63) is 0 Å². The zero-order chi connectivity index (χ0) is 13.0. The Kier molecular flexibility index (Phi) is 5.37. The number of nitrogens with one attached hydrogen (secondary N) is 1. The molecule has 0 radical (unpaired) electrons. The zero-order valence-electron chi connectivity index (χ0n) is 12.0. The summed E-state index contributed by atoms with van der Waals surface area (Å²) in [6.45, 7) is 10.4. The van der Waals surface area contributed by atoms with Crippen molar-refractivity contribution in [3.63, 3.8) is 0 Å². The van der Waals surface area contributed by atoms with Crippen LogP contribution in [0.5, 0.6) is 0 Å². The van der Waals surface area contributed by atoms with Gasteiger partial charge in [-0.25, -0.2) is 0 Å². The summed E-state index contributed by atoms with van der Waals surface area (Å²) >= 11 is 1.91. The van der Waals surface area contributed by atoms with Gasteiger partial charge in [0.1, 0.15) is 0 Å². The molecule has 2 rings (SSSR count). The van der Waals surface area contributed by atoms with Crippen LogP contribution in [0.25, 0.3) is 0 Å². The van der Waals surface area contributed by atoms with E-state index in [1.165, 1.54) is 49.8 Å². The van der Waals surface area contributed by atoms with Gasteiger partial charge in [0.2, 0.25) is 0 Å². The molecule has 18 heavy (non-hydrogen) atoms. The number of likely N-dealkylation sites (N-methyl/N-ethyl adjacent to an activating group) is 1. The van der Waals surface area contributed by atoms with E-state index >= 15 is 0 Å². The average Bonchev–Trinajstić information content (AvgIpc) is 2.39. The second-order valence-corrected chi connectivity index (χ2v) is 6.84. The molecule has 2 unspecified atom stereocenters. The molecule has 2 atom stereocenters. The highest BCUT2D eigenvalue weighted by atomic mass is 32.2. The van der Waals surface area contributed by atoms with E-state index in [1.807, 2.05) is 11.8 Å². The maximum absolute atomic E-state index is 4.88. The molecular formula is C14H27N3S. The summed E-state index contributed by atoms with van der Waals surface area (Å²) in [7, 11) is 0. The highest BCUT2D eigenvalue weighted by Crippen LogP contribution is 2.22. The Bertz CT molecular complexity index is 291. The molecule has 1 N–H and O–H groups in total. The number of piperidine rings is 1. The minimum atomic E-state index is 0.527. The Morgan fingerprint density at radius 3 is 3.00 bits per heavy atom. The fourth-order valence-corrected chi connectivity index (χ4v) is 3.74. The largest absolute Gasteiger partial charge is 0.361 e. The van der Waals surface area contributed by atoms with Crippen molar-refractivity contribution in [3.8, 4) is 0 Å². The molecule has 2 aliphatic heterocycles. The summed E-state index contributed by atoms with van der Waals surface area (Å²) in [5.74, 6) is 1.89. The molecule has 2 heterocycles. The molecule has 0 spiro atoms. The number of thioether (sulfide) groups is 1. The molecule has 0 aromatic heterocycles. The summed E-state index contributed by atoms with van der Waals surface area (Å²) in [6, 6.07) is 1.13. The van der Waals surface area contributed by atoms with E-state index < -0.39 is 0 Å². The fourth-order valence-electron chi connectivity index (χ4n) is 2.73. The second kappa shape index (κ2) is 6.80. The summed E-state index contributed by atoms with van der Waals surface area (Å²) in [6.07, 6.45) is 3.85. The molecule has 0 bridgehead atoms. The van der Waals surface area contributed by atoms with Crippen LogP contribution in [0.3, 0.4) is 0 Å². The Morgan fingerprint density at radius 1 is 1.44 bits per heavy atom. The Balaban J connectivity index is 1.88. The van der Waals surface area contributed by atoms with E-state index in [4.69, 9.17) is 4.99 Å². The molecule has 0 saturated carbocycles. The molecule has 0 aromatic rings. The lowest BCUT2D eigenvalue weighted by atomic mass is 10.0. The highest BCUT2D eigenvalue weighted by molar-refractivity contribution is 8.13. The van der Waals surface area contributed by atoms with Crippen LogP contribution in [0.15, 0.2) is 4.99 Å². The van der Waals surface area contributed by atoms with Gasteiger partial charge in [0, 0.05) is 18.3 Å². The first-order valence-corrected chi connectivity index (χ1v) is 8.37. The number of aliphatic imine (C=N–C) groups is 1. The molecule has 3 nitrogen and oxygen atoms in total. The van der Waals surface area contributed by atoms with Crippen LogP contribution in [0.2, 0.25) is 0 Å². The quantitative estimate of drug-likeness (QED) is 0.853. The zero-order valence-corrected chi connectivity index (χ0v) is 12.8. The molecule has 1 fully saturated rings. The van der Waals surface area contributed by atoms with Gasteiger partial charge in [-0.05, 0) is 38.3 Å². The third kappa shape index (κ3) is 3.89. The maximum atomic E-state index is 4.88. The van der Waals surface area contributed by atoms with Crippen LogP contribution in [0, 0.1) is 5.92 Å². The Hall–Kier alpha value is -0.220. The Labute approximate surface area is 116 Å². The first kappa shape index (κ1) is 14.2. The van der Waals surface area contributed by atoms with Crippen LogP contribution < -0.4 is 5.32 Å². The highest BCUT2D eigenvalue weighted by Gasteiger charge is 2.23. The average molecular weight is 269 g/mol. The summed E-state index contributed by atoms with van der Waals surface area (Å²) < 4.78 is 0. The van der Waals surface area contributed by atoms with Crippen molar-refractivity contribution >= 4 is 16.9 Å². The van der Waals surface area contributed by atoms with Crippen LogP contribution in [0.4, 0.5) is 0 Å². The first-order valence-electron chi connectivity index (χ1n) is 7.38. The Morgan fingerprint density at radius 2 is 2.28 bits per heavy atom. The van der Waals surface area contributed by atoms with Crippen molar-refractivity contribution in [2.75, 3.05) is 25.4 Å². The molecule has 0 aromatic carbocycles. The maximum Gasteiger partial charge on any atom is 0.157 e. The van der Waals surface area contributed by atoms with Crippen LogP contribution >= 0.6 is 11.8 Å². The lowest BCUT2D eigenvalue weighted by Crippen LogP contribution is -2.47. The normalized spacial score (nSPS) is 30.3. The third-order valence-electron chi connectivity index (χ3n) is 3.99. The van der Waals surface area contributed by atoms with Gasteiger partial charge in [0.25, 0.3) is 0 Å². The van der Waals surface area contributed by atoms with E-state index in [1.54, 1.807) is 0 Å². The van der Waals surface area contributed by atoms with Crippen molar-refractivity contribution in [1.29, 1.82) is 0 Å². The van der Waals surface area contributed by atoms with Crippen LogP contribution in [0.1, 0.15) is 40.0 Å². The number of likely N-dealkylation sites (tertiary alicyclic amines) is 1. The molecule has 4 heteroatoms. The second-order valence-electron chi connectivity index (χ2n) is 5.76. The number of hydrogen-bond acceptors (Lipinski definition) is 4. The molecule has 0 amide bonds. The molecule has 104 valence electrons. The van der Waals surface area contributed by atoms with Gasteiger partial charge in [-0.2, -0.15) is 0 Å². The SMILES string of the molecule is CCN1CCCC(NC2=NC(C(C)C)CCS2)C1. The van der Waals surface area contributed by atoms with Gasteiger partial charge >= 0.3 is 0 Å². The molecular weight excluding hydrogens is 242 g/mol. The first-order chi connectivity index (χ1) is 8.69. The van der Waals surface area contributed by atoms with E-state index in [9.17, 15) is 0 Å². The van der Waals surface area contributed by atoms with E-state index in [2.05, 4.69) is 31.0 Å². The van der Waals surface area contributed by atoms with Crippen LogP contribution in [-0.2, 0) is 0 Å².